The van der Waals surface area contributed by atoms with Gasteiger partial charge in [-0.3, -0.25) is 0 Å². The topological polar surface area (TPSA) is 78.9 Å². The van der Waals surface area contributed by atoms with Gasteiger partial charge in [0.2, 0.25) is 5.89 Å². The highest BCUT2D eigenvalue weighted by molar-refractivity contribution is 6.30. The smallest absolute Gasteiger partial charge is 0.223 e. The Bertz CT molecular complexity index is 827. The molecule has 3 aromatic rings. The summed E-state index contributed by atoms with van der Waals surface area (Å²) in [5.41, 5.74) is 1.40. The van der Waals surface area contributed by atoms with Gasteiger partial charge in [-0.1, -0.05) is 34.6 Å². The van der Waals surface area contributed by atoms with Crippen LogP contribution in [0.5, 0.6) is 5.75 Å². The summed E-state index contributed by atoms with van der Waals surface area (Å²) in [5, 5.41) is 12.7. The van der Waals surface area contributed by atoms with E-state index in [1.165, 1.54) is 0 Å². The number of halogens is 1. The SMILES string of the molecule is C=CCOc1ccc(Cl)cc1-c1cn(Cc2noc(C)n2)nn1. The van der Waals surface area contributed by atoms with E-state index in [2.05, 4.69) is 27.0 Å². The van der Waals surface area contributed by atoms with Crippen molar-refractivity contribution in [3.63, 3.8) is 0 Å². The van der Waals surface area contributed by atoms with Crippen LogP contribution in [-0.2, 0) is 6.54 Å². The molecule has 2 heterocycles. The van der Waals surface area contributed by atoms with E-state index in [1.54, 1.807) is 42.1 Å². The predicted molar refractivity (Wildman–Crippen MR) is 84.3 cm³/mol. The minimum Gasteiger partial charge on any atom is -0.489 e. The molecular weight excluding hydrogens is 318 g/mol. The Hall–Kier alpha value is -2.67. The highest BCUT2D eigenvalue weighted by Crippen LogP contribution is 2.31. The Labute approximate surface area is 137 Å². The van der Waals surface area contributed by atoms with Crippen LogP contribution in [0.4, 0.5) is 0 Å². The molecule has 0 aliphatic rings. The number of hydrogen-bond donors (Lipinski definition) is 0. The van der Waals surface area contributed by atoms with Crippen molar-refractivity contribution in [1.29, 1.82) is 0 Å². The number of hydrogen-bond acceptors (Lipinski definition) is 6. The maximum absolute atomic E-state index is 6.08. The summed E-state index contributed by atoms with van der Waals surface area (Å²) in [4.78, 5) is 4.14. The van der Waals surface area contributed by atoms with Gasteiger partial charge in [-0.05, 0) is 18.2 Å². The van der Waals surface area contributed by atoms with E-state index in [9.17, 15) is 0 Å². The van der Waals surface area contributed by atoms with Gasteiger partial charge in [0.1, 0.15) is 24.6 Å². The molecule has 1 aromatic carbocycles. The standard InChI is InChI=1S/C15H14ClN5O2/c1-3-6-22-14-5-4-11(16)7-12(14)13-8-21(20-18-13)9-15-17-10(2)23-19-15/h3-5,7-8H,1,6,9H2,2H3. The third-order valence-electron chi connectivity index (χ3n) is 2.99. The van der Waals surface area contributed by atoms with E-state index in [1.807, 2.05) is 0 Å². The van der Waals surface area contributed by atoms with Crippen molar-refractivity contribution < 1.29 is 9.26 Å². The average Bonchev–Trinajstić information content (AvgIpc) is 3.15. The molecule has 0 saturated heterocycles. The largest absolute Gasteiger partial charge is 0.489 e. The van der Waals surface area contributed by atoms with E-state index in [0.29, 0.717) is 41.3 Å². The Morgan fingerprint density at radius 1 is 1.43 bits per heavy atom. The number of benzene rings is 1. The van der Waals surface area contributed by atoms with Gasteiger partial charge in [-0.15, -0.1) is 5.10 Å². The molecular formula is C15H14ClN5O2. The van der Waals surface area contributed by atoms with Crippen molar-refractivity contribution in [2.45, 2.75) is 13.5 Å². The minimum absolute atomic E-state index is 0.369. The number of nitrogens with zero attached hydrogens (tertiary/aromatic N) is 5. The van der Waals surface area contributed by atoms with Crippen LogP contribution in [0, 0.1) is 6.92 Å². The van der Waals surface area contributed by atoms with Gasteiger partial charge in [-0.25, -0.2) is 4.68 Å². The average molecular weight is 332 g/mol. The first-order valence-corrected chi connectivity index (χ1v) is 7.26. The second-order valence-electron chi connectivity index (χ2n) is 4.77. The van der Waals surface area contributed by atoms with E-state index in [0.717, 1.165) is 5.56 Å². The summed E-state index contributed by atoms with van der Waals surface area (Å²) in [5.74, 6) is 1.71. The molecule has 0 spiro atoms. The second-order valence-corrected chi connectivity index (χ2v) is 5.21. The quantitative estimate of drug-likeness (QED) is 0.646. The summed E-state index contributed by atoms with van der Waals surface area (Å²) >= 11 is 6.08. The van der Waals surface area contributed by atoms with Crippen molar-refractivity contribution in [2.24, 2.45) is 0 Å². The fourth-order valence-corrected chi connectivity index (χ4v) is 2.20. The molecule has 2 aromatic heterocycles. The van der Waals surface area contributed by atoms with Crippen molar-refractivity contribution in [2.75, 3.05) is 6.61 Å². The summed E-state index contributed by atoms with van der Waals surface area (Å²) < 4.78 is 12.2. The highest BCUT2D eigenvalue weighted by atomic mass is 35.5. The van der Waals surface area contributed by atoms with Gasteiger partial charge >= 0.3 is 0 Å². The summed E-state index contributed by atoms with van der Waals surface area (Å²) in [6.45, 7) is 6.14. The van der Waals surface area contributed by atoms with E-state index < -0.39 is 0 Å². The maximum atomic E-state index is 6.08. The lowest BCUT2D eigenvalue weighted by molar-refractivity contribution is 0.364. The Balaban J connectivity index is 1.87. The summed E-state index contributed by atoms with van der Waals surface area (Å²) in [6.07, 6.45) is 3.45. The molecule has 0 amide bonds. The van der Waals surface area contributed by atoms with Gasteiger partial charge in [0.15, 0.2) is 5.82 Å². The van der Waals surface area contributed by atoms with Crippen molar-refractivity contribution in [3.8, 4) is 17.0 Å². The third-order valence-corrected chi connectivity index (χ3v) is 3.22. The number of aryl methyl sites for hydroxylation is 1. The zero-order chi connectivity index (χ0) is 16.2. The molecule has 0 aliphatic carbocycles. The first-order valence-electron chi connectivity index (χ1n) is 6.88. The normalized spacial score (nSPS) is 10.7. The van der Waals surface area contributed by atoms with E-state index >= 15 is 0 Å². The summed E-state index contributed by atoms with van der Waals surface area (Å²) in [7, 11) is 0. The van der Waals surface area contributed by atoms with E-state index in [4.69, 9.17) is 20.9 Å². The molecule has 0 bridgehead atoms. The molecule has 3 rings (SSSR count). The van der Waals surface area contributed by atoms with Crippen LogP contribution in [0.2, 0.25) is 5.02 Å². The first kappa shape index (κ1) is 15.2. The highest BCUT2D eigenvalue weighted by Gasteiger charge is 2.12. The Kier molecular flexibility index (Phi) is 4.38. The molecule has 118 valence electrons. The summed E-state index contributed by atoms with van der Waals surface area (Å²) in [6, 6.07) is 5.34. The fraction of sp³-hybridized carbons (Fsp3) is 0.200. The molecule has 23 heavy (non-hydrogen) atoms. The fourth-order valence-electron chi connectivity index (χ4n) is 2.03. The van der Waals surface area contributed by atoms with Crippen LogP contribution in [-0.4, -0.2) is 31.7 Å². The lowest BCUT2D eigenvalue weighted by Crippen LogP contribution is -2.02. The molecule has 0 fully saturated rings. The molecule has 7 nitrogen and oxygen atoms in total. The molecule has 8 heteroatoms. The zero-order valence-corrected chi connectivity index (χ0v) is 13.2. The zero-order valence-electron chi connectivity index (χ0n) is 12.4. The van der Waals surface area contributed by atoms with Gasteiger partial charge in [0.25, 0.3) is 0 Å². The Morgan fingerprint density at radius 2 is 2.30 bits per heavy atom. The lowest BCUT2D eigenvalue weighted by Gasteiger charge is -2.08. The number of rotatable bonds is 6. The molecule has 0 atom stereocenters. The predicted octanol–water partition coefficient (Wildman–Crippen LogP) is 2.90. The van der Waals surface area contributed by atoms with Crippen LogP contribution in [0.25, 0.3) is 11.3 Å². The molecule has 0 aliphatic heterocycles. The van der Waals surface area contributed by atoms with Crippen molar-refractivity contribution in [3.05, 3.63) is 53.8 Å². The Morgan fingerprint density at radius 3 is 3.04 bits per heavy atom. The lowest BCUT2D eigenvalue weighted by atomic mass is 10.1. The monoisotopic (exact) mass is 331 g/mol. The van der Waals surface area contributed by atoms with Crippen LogP contribution in [0.3, 0.4) is 0 Å². The van der Waals surface area contributed by atoms with Crippen LogP contribution >= 0.6 is 11.6 Å². The minimum atomic E-state index is 0.369. The van der Waals surface area contributed by atoms with Gasteiger partial charge in [0.05, 0.1) is 6.20 Å². The van der Waals surface area contributed by atoms with Crippen LogP contribution < -0.4 is 4.74 Å². The van der Waals surface area contributed by atoms with Gasteiger partial charge in [-0.2, -0.15) is 4.98 Å². The second kappa shape index (κ2) is 6.62. The molecule has 0 saturated carbocycles. The number of aromatic nitrogens is 5. The molecule has 0 N–H and O–H groups in total. The van der Waals surface area contributed by atoms with Gasteiger partial charge < -0.3 is 9.26 Å². The third kappa shape index (κ3) is 3.57. The van der Waals surface area contributed by atoms with Crippen molar-refractivity contribution in [1.82, 2.24) is 25.1 Å². The van der Waals surface area contributed by atoms with Crippen LogP contribution in [0.15, 0.2) is 41.6 Å². The van der Waals surface area contributed by atoms with E-state index in [-0.39, 0.29) is 0 Å². The number of ether oxygens (including phenoxy) is 1. The molecule has 0 radical (unpaired) electrons. The maximum Gasteiger partial charge on any atom is 0.223 e. The first-order chi connectivity index (χ1) is 11.2. The van der Waals surface area contributed by atoms with Crippen molar-refractivity contribution >= 4 is 11.6 Å². The van der Waals surface area contributed by atoms with Gasteiger partial charge in [0, 0.05) is 17.5 Å². The molecule has 0 unspecified atom stereocenters. The van der Waals surface area contributed by atoms with Crippen LogP contribution in [0.1, 0.15) is 11.7 Å².